The summed E-state index contributed by atoms with van der Waals surface area (Å²) in [6.45, 7) is 2.17. The van der Waals surface area contributed by atoms with Gasteiger partial charge in [0.15, 0.2) is 0 Å². The van der Waals surface area contributed by atoms with Crippen LogP contribution in [0.1, 0.15) is 29.9 Å². The summed E-state index contributed by atoms with van der Waals surface area (Å²) in [6, 6.07) is 6.23. The third kappa shape index (κ3) is 2.31. The van der Waals surface area contributed by atoms with Crippen LogP contribution in [0.3, 0.4) is 0 Å². The molecule has 3 nitrogen and oxygen atoms in total. The first-order valence-electron chi connectivity index (χ1n) is 5.97. The Hall–Kier alpha value is -1.06. The van der Waals surface area contributed by atoms with Gasteiger partial charge in [-0.25, -0.2) is 0 Å². The molecule has 1 saturated heterocycles. The third-order valence-electron chi connectivity index (χ3n) is 3.56. The minimum Gasteiger partial charge on any atom is -0.326 e. The standard InChI is InChI=1S/C13H16N2O.ClH/c16-13-7-11-10(4-1-5-12(11)15-13)9-3-2-6-14-8-9;/h1,4-5,9,14H,2-3,6-8H2,(H,15,16);1H. The Labute approximate surface area is 107 Å². The summed E-state index contributed by atoms with van der Waals surface area (Å²) in [5.74, 6) is 0.711. The Morgan fingerprint density at radius 3 is 2.94 bits per heavy atom. The molecular weight excluding hydrogens is 236 g/mol. The average Bonchev–Trinajstić information content (AvgIpc) is 2.70. The molecular formula is C13H17ClN2O. The van der Waals surface area contributed by atoms with E-state index in [2.05, 4.69) is 16.7 Å². The first-order valence-corrected chi connectivity index (χ1v) is 5.97. The number of piperidine rings is 1. The summed E-state index contributed by atoms with van der Waals surface area (Å²) in [6.07, 6.45) is 3.02. The average molecular weight is 253 g/mol. The van der Waals surface area contributed by atoms with E-state index in [1.54, 1.807) is 0 Å². The lowest BCUT2D eigenvalue weighted by molar-refractivity contribution is -0.115. The van der Waals surface area contributed by atoms with Crippen molar-refractivity contribution in [3.63, 3.8) is 0 Å². The Morgan fingerprint density at radius 2 is 2.18 bits per heavy atom. The number of benzene rings is 1. The number of carbonyl (C=O) groups is 1. The molecule has 2 N–H and O–H groups in total. The van der Waals surface area contributed by atoms with Crippen molar-refractivity contribution in [3.8, 4) is 0 Å². The van der Waals surface area contributed by atoms with E-state index in [9.17, 15) is 4.79 Å². The zero-order valence-electron chi connectivity index (χ0n) is 9.66. The van der Waals surface area contributed by atoms with E-state index in [1.807, 2.05) is 12.1 Å². The van der Waals surface area contributed by atoms with Gasteiger partial charge in [0.2, 0.25) is 5.91 Å². The minimum atomic E-state index is 0. The van der Waals surface area contributed by atoms with Gasteiger partial charge in [-0.1, -0.05) is 12.1 Å². The molecule has 0 aromatic heterocycles. The maximum absolute atomic E-state index is 11.4. The van der Waals surface area contributed by atoms with Gasteiger partial charge < -0.3 is 10.6 Å². The predicted octanol–water partition coefficient (Wildman–Crippen LogP) is 2.07. The van der Waals surface area contributed by atoms with E-state index in [4.69, 9.17) is 0 Å². The van der Waals surface area contributed by atoms with Gasteiger partial charge in [-0.15, -0.1) is 12.4 Å². The van der Waals surface area contributed by atoms with Crippen LogP contribution in [0.4, 0.5) is 5.69 Å². The lowest BCUT2D eigenvalue weighted by Gasteiger charge is -2.24. The molecule has 92 valence electrons. The monoisotopic (exact) mass is 252 g/mol. The number of halogens is 1. The molecule has 0 radical (unpaired) electrons. The molecule has 0 saturated carbocycles. The van der Waals surface area contributed by atoms with Crippen molar-refractivity contribution < 1.29 is 4.79 Å². The van der Waals surface area contributed by atoms with E-state index >= 15 is 0 Å². The summed E-state index contributed by atoms with van der Waals surface area (Å²) in [7, 11) is 0. The fourth-order valence-electron chi connectivity index (χ4n) is 2.77. The van der Waals surface area contributed by atoms with Crippen molar-refractivity contribution in [2.45, 2.75) is 25.2 Å². The second-order valence-electron chi connectivity index (χ2n) is 4.64. The van der Waals surface area contributed by atoms with Gasteiger partial charge in [0, 0.05) is 12.2 Å². The lowest BCUT2D eigenvalue weighted by Crippen LogP contribution is -2.28. The van der Waals surface area contributed by atoms with Crippen molar-refractivity contribution in [3.05, 3.63) is 29.3 Å². The Balaban J connectivity index is 0.00000108. The quantitative estimate of drug-likeness (QED) is 0.804. The van der Waals surface area contributed by atoms with E-state index < -0.39 is 0 Å². The van der Waals surface area contributed by atoms with Crippen LogP contribution in [-0.4, -0.2) is 19.0 Å². The number of amides is 1. The van der Waals surface area contributed by atoms with Gasteiger partial charge in [0.1, 0.15) is 0 Å². The molecule has 1 aromatic carbocycles. The van der Waals surface area contributed by atoms with Gasteiger partial charge in [-0.3, -0.25) is 4.79 Å². The maximum atomic E-state index is 11.4. The van der Waals surface area contributed by atoms with Gasteiger partial charge in [-0.05, 0) is 42.5 Å². The molecule has 1 fully saturated rings. The third-order valence-corrected chi connectivity index (χ3v) is 3.56. The second-order valence-corrected chi connectivity index (χ2v) is 4.64. The highest BCUT2D eigenvalue weighted by Crippen LogP contribution is 2.33. The molecule has 17 heavy (non-hydrogen) atoms. The summed E-state index contributed by atoms with van der Waals surface area (Å²) < 4.78 is 0. The largest absolute Gasteiger partial charge is 0.326 e. The van der Waals surface area contributed by atoms with E-state index in [0.717, 1.165) is 18.8 Å². The number of fused-ring (bicyclic) bond motifs is 1. The number of carbonyl (C=O) groups excluding carboxylic acids is 1. The van der Waals surface area contributed by atoms with E-state index in [1.165, 1.54) is 24.0 Å². The highest BCUT2D eigenvalue weighted by atomic mass is 35.5. The summed E-state index contributed by atoms with van der Waals surface area (Å²) >= 11 is 0. The fourth-order valence-corrected chi connectivity index (χ4v) is 2.77. The van der Waals surface area contributed by atoms with Crippen molar-refractivity contribution >= 4 is 24.0 Å². The molecule has 2 aliphatic rings. The molecule has 4 heteroatoms. The first kappa shape index (κ1) is 12.4. The number of rotatable bonds is 1. The summed E-state index contributed by atoms with van der Waals surface area (Å²) in [4.78, 5) is 11.4. The SMILES string of the molecule is Cl.O=C1Cc2c(cccc2C2CCCNC2)N1. The van der Waals surface area contributed by atoms with Crippen LogP contribution >= 0.6 is 12.4 Å². The molecule has 0 spiro atoms. The summed E-state index contributed by atoms with van der Waals surface area (Å²) in [5, 5.41) is 6.35. The number of hydrogen-bond acceptors (Lipinski definition) is 2. The molecule has 0 aliphatic carbocycles. The van der Waals surface area contributed by atoms with E-state index in [-0.39, 0.29) is 18.3 Å². The lowest BCUT2D eigenvalue weighted by atomic mass is 9.87. The number of nitrogens with one attached hydrogen (secondary N) is 2. The molecule has 1 atom stereocenters. The zero-order chi connectivity index (χ0) is 11.0. The molecule has 1 aromatic rings. The van der Waals surface area contributed by atoms with Crippen LogP contribution in [0.25, 0.3) is 0 Å². The topological polar surface area (TPSA) is 41.1 Å². The highest BCUT2D eigenvalue weighted by molar-refractivity contribution is 5.99. The Kier molecular flexibility index (Phi) is 3.69. The van der Waals surface area contributed by atoms with Gasteiger partial charge >= 0.3 is 0 Å². The molecule has 2 aliphatic heterocycles. The second kappa shape index (κ2) is 5.07. The van der Waals surface area contributed by atoms with Gasteiger partial charge in [0.05, 0.1) is 6.42 Å². The van der Waals surface area contributed by atoms with Crippen molar-refractivity contribution in [1.29, 1.82) is 0 Å². The van der Waals surface area contributed by atoms with Gasteiger partial charge in [-0.2, -0.15) is 0 Å². The molecule has 0 bridgehead atoms. The predicted molar refractivity (Wildman–Crippen MR) is 70.9 cm³/mol. The van der Waals surface area contributed by atoms with E-state index in [0.29, 0.717) is 12.3 Å². The Morgan fingerprint density at radius 1 is 1.29 bits per heavy atom. The van der Waals surface area contributed by atoms with Crippen molar-refractivity contribution in [2.24, 2.45) is 0 Å². The van der Waals surface area contributed by atoms with Crippen molar-refractivity contribution in [2.75, 3.05) is 18.4 Å². The molecule has 1 unspecified atom stereocenters. The zero-order valence-corrected chi connectivity index (χ0v) is 10.5. The molecule has 2 heterocycles. The molecule has 3 rings (SSSR count). The van der Waals surface area contributed by atoms with Crippen LogP contribution in [-0.2, 0) is 11.2 Å². The fraction of sp³-hybridized carbons (Fsp3) is 0.462. The van der Waals surface area contributed by atoms with Crippen LogP contribution in [0.5, 0.6) is 0 Å². The maximum Gasteiger partial charge on any atom is 0.228 e. The first-order chi connectivity index (χ1) is 7.84. The molecule has 1 amide bonds. The Bertz CT molecular complexity index is 427. The van der Waals surface area contributed by atoms with Crippen LogP contribution in [0.15, 0.2) is 18.2 Å². The van der Waals surface area contributed by atoms with Gasteiger partial charge in [0.25, 0.3) is 0 Å². The number of anilines is 1. The number of hydrogen-bond donors (Lipinski definition) is 2. The normalized spacial score (nSPS) is 22.6. The van der Waals surface area contributed by atoms with Crippen molar-refractivity contribution in [1.82, 2.24) is 5.32 Å². The minimum absolute atomic E-state index is 0. The van der Waals surface area contributed by atoms with Crippen LogP contribution in [0, 0.1) is 0 Å². The summed E-state index contributed by atoms with van der Waals surface area (Å²) in [5.41, 5.74) is 3.61. The van der Waals surface area contributed by atoms with Crippen LogP contribution in [0.2, 0.25) is 0 Å². The smallest absolute Gasteiger partial charge is 0.228 e. The highest BCUT2D eigenvalue weighted by Gasteiger charge is 2.25. The van der Waals surface area contributed by atoms with Crippen LogP contribution < -0.4 is 10.6 Å².